The number of hydrogen-bond donors (Lipinski definition) is 2. The maximum atomic E-state index is 12.7. The molecule has 0 unspecified atom stereocenters. The number of fused-ring (bicyclic) bond motifs is 1. The lowest BCUT2D eigenvalue weighted by Gasteiger charge is -2.25. The molecule has 0 aromatic carbocycles. The molecular weight excluding hydrogens is 388 g/mol. The molecule has 1 aliphatic rings. The molecule has 2 amide bonds. The van der Waals surface area contributed by atoms with Crippen LogP contribution in [-0.2, 0) is 17.8 Å². The zero-order chi connectivity index (χ0) is 21.1. The Morgan fingerprint density at radius 3 is 3.03 bits per heavy atom. The van der Waals surface area contributed by atoms with Gasteiger partial charge in [-0.25, -0.2) is 9.67 Å². The fourth-order valence-electron chi connectivity index (χ4n) is 3.22. The molecular formula is C19H20N8O3. The predicted octanol–water partition coefficient (Wildman–Crippen LogP) is 0.450. The van der Waals surface area contributed by atoms with Crippen molar-refractivity contribution in [3.8, 4) is 11.5 Å². The molecule has 0 saturated carbocycles. The van der Waals surface area contributed by atoms with E-state index in [9.17, 15) is 14.7 Å². The molecule has 30 heavy (non-hydrogen) atoms. The fourth-order valence-corrected chi connectivity index (χ4v) is 3.22. The Morgan fingerprint density at radius 1 is 1.37 bits per heavy atom. The van der Waals surface area contributed by atoms with E-state index in [1.54, 1.807) is 42.3 Å². The molecule has 1 aliphatic heterocycles. The number of aromatic nitrogens is 6. The van der Waals surface area contributed by atoms with Gasteiger partial charge >= 0.3 is 0 Å². The van der Waals surface area contributed by atoms with Crippen LogP contribution in [-0.4, -0.2) is 65.7 Å². The summed E-state index contributed by atoms with van der Waals surface area (Å²) in [6, 6.07) is 6.47. The van der Waals surface area contributed by atoms with Gasteiger partial charge < -0.3 is 15.3 Å². The van der Waals surface area contributed by atoms with E-state index in [1.165, 1.54) is 4.68 Å². The van der Waals surface area contributed by atoms with Crippen molar-refractivity contribution >= 4 is 18.1 Å². The van der Waals surface area contributed by atoms with E-state index < -0.39 is 5.91 Å². The summed E-state index contributed by atoms with van der Waals surface area (Å²) in [7, 11) is 0. The molecule has 0 saturated heterocycles. The van der Waals surface area contributed by atoms with E-state index in [1.807, 2.05) is 0 Å². The summed E-state index contributed by atoms with van der Waals surface area (Å²) >= 11 is 0. The highest BCUT2D eigenvalue weighted by Gasteiger charge is 2.19. The number of nitrogens with one attached hydrogen (secondary N) is 1. The second kappa shape index (κ2) is 8.33. The van der Waals surface area contributed by atoms with E-state index in [2.05, 4.69) is 30.8 Å². The van der Waals surface area contributed by atoms with Crippen molar-refractivity contribution in [2.75, 3.05) is 18.5 Å². The first-order valence-electron chi connectivity index (χ1n) is 9.43. The van der Waals surface area contributed by atoms with Crippen LogP contribution in [0, 0.1) is 0 Å². The fraction of sp³-hybridized carbons (Fsp3) is 0.316. The lowest BCUT2D eigenvalue weighted by atomic mass is 10.0. The van der Waals surface area contributed by atoms with Gasteiger partial charge in [-0.05, 0) is 53.1 Å². The molecule has 11 heteroatoms. The molecule has 0 bridgehead atoms. The van der Waals surface area contributed by atoms with Gasteiger partial charge in [0.1, 0.15) is 17.2 Å². The van der Waals surface area contributed by atoms with Gasteiger partial charge in [0.15, 0.2) is 0 Å². The molecule has 0 radical (unpaired) electrons. The van der Waals surface area contributed by atoms with Crippen LogP contribution in [0.2, 0.25) is 0 Å². The zero-order valence-electron chi connectivity index (χ0n) is 16.3. The summed E-state index contributed by atoms with van der Waals surface area (Å²) in [5.41, 5.74) is 2.65. The van der Waals surface area contributed by atoms with E-state index in [4.69, 9.17) is 0 Å². The van der Waals surface area contributed by atoms with Gasteiger partial charge in [0, 0.05) is 19.3 Å². The molecule has 0 spiro atoms. The Hall–Kier alpha value is -3.73. The topological polar surface area (TPSA) is 139 Å². The largest absolute Gasteiger partial charge is 0.394 e. The van der Waals surface area contributed by atoms with Gasteiger partial charge in [0.2, 0.25) is 12.2 Å². The summed E-state index contributed by atoms with van der Waals surface area (Å²) < 4.78 is 1.47. The molecule has 2 N–H and O–H groups in total. The van der Waals surface area contributed by atoms with Crippen LogP contribution in [0.15, 0.2) is 30.5 Å². The van der Waals surface area contributed by atoms with Crippen LogP contribution in [0.5, 0.6) is 0 Å². The Kier molecular flexibility index (Phi) is 5.44. The Morgan fingerprint density at radius 2 is 2.23 bits per heavy atom. The van der Waals surface area contributed by atoms with Crippen LogP contribution in [0.3, 0.4) is 0 Å². The van der Waals surface area contributed by atoms with Gasteiger partial charge in [0.05, 0.1) is 12.6 Å². The van der Waals surface area contributed by atoms with Gasteiger partial charge in [-0.3, -0.25) is 14.6 Å². The van der Waals surface area contributed by atoms with Crippen molar-refractivity contribution in [1.29, 1.82) is 0 Å². The number of carbonyl (C=O) groups excluding carboxylic acids is 2. The number of carbonyl (C=O) groups is 2. The van der Waals surface area contributed by atoms with Crippen LogP contribution in [0.4, 0.5) is 5.82 Å². The SMILES string of the molecule is C[C@H](CO)n1nnnc1-c1cccc(NC(=O)c2cc3c(cn2)CCN(C=O)C3)n1. The summed E-state index contributed by atoms with van der Waals surface area (Å²) in [6.07, 6.45) is 3.21. The normalized spacial score (nSPS) is 14.1. The maximum Gasteiger partial charge on any atom is 0.275 e. The number of anilines is 1. The quantitative estimate of drug-likeness (QED) is 0.561. The zero-order valence-corrected chi connectivity index (χ0v) is 16.3. The first-order chi connectivity index (χ1) is 14.6. The highest BCUT2D eigenvalue weighted by molar-refractivity contribution is 6.02. The highest BCUT2D eigenvalue weighted by atomic mass is 16.3. The van der Waals surface area contributed by atoms with E-state index in [-0.39, 0.29) is 18.3 Å². The summed E-state index contributed by atoms with van der Waals surface area (Å²) in [5, 5.41) is 23.6. The van der Waals surface area contributed by atoms with Crippen LogP contribution in [0.25, 0.3) is 11.5 Å². The number of amides is 2. The van der Waals surface area contributed by atoms with E-state index >= 15 is 0 Å². The standard InChI is InChI=1S/C19H20N8O3/c1-12(10-28)27-18(23-24-25-27)15-3-2-4-17(21-15)22-19(30)16-7-14-9-26(11-29)6-5-13(14)8-20-16/h2-4,7-8,11-12,28H,5-6,9-10H2,1H3,(H,21,22,30)/t12-/m1/s1. The molecule has 4 rings (SSSR count). The number of hydrogen-bond acceptors (Lipinski definition) is 8. The average Bonchev–Trinajstić information content (AvgIpc) is 3.28. The van der Waals surface area contributed by atoms with Crippen molar-refractivity contribution in [2.45, 2.75) is 25.9 Å². The highest BCUT2D eigenvalue weighted by Crippen LogP contribution is 2.20. The first kappa shape index (κ1) is 19.6. The monoisotopic (exact) mass is 408 g/mol. The summed E-state index contributed by atoms with van der Waals surface area (Å²) in [6.45, 7) is 2.76. The van der Waals surface area contributed by atoms with Crippen molar-refractivity contribution in [3.63, 3.8) is 0 Å². The third-order valence-electron chi connectivity index (χ3n) is 4.90. The third kappa shape index (κ3) is 3.87. The van der Waals surface area contributed by atoms with Gasteiger partial charge in [-0.2, -0.15) is 0 Å². The molecule has 3 aromatic heterocycles. The number of pyridine rings is 2. The lowest BCUT2D eigenvalue weighted by molar-refractivity contribution is -0.118. The lowest BCUT2D eigenvalue weighted by Crippen LogP contribution is -2.29. The molecule has 3 aromatic rings. The minimum atomic E-state index is -0.408. The number of rotatable bonds is 6. The third-order valence-corrected chi connectivity index (χ3v) is 4.90. The van der Waals surface area contributed by atoms with Crippen molar-refractivity contribution in [2.24, 2.45) is 0 Å². The molecule has 154 valence electrons. The average molecular weight is 408 g/mol. The van der Waals surface area contributed by atoms with Crippen LogP contribution >= 0.6 is 0 Å². The van der Waals surface area contributed by atoms with Gasteiger partial charge in [-0.15, -0.1) is 5.10 Å². The minimum Gasteiger partial charge on any atom is -0.394 e. The minimum absolute atomic E-state index is 0.125. The Balaban J connectivity index is 1.54. The number of nitrogens with zero attached hydrogens (tertiary/aromatic N) is 7. The molecule has 11 nitrogen and oxygen atoms in total. The molecule has 4 heterocycles. The summed E-state index contributed by atoms with van der Waals surface area (Å²) in [4.78, 5) is 34.1. The summed E-state index contributed by atoms with van der Waals surface area (Å²) in [5.74, 6) is 0.292. The van der Waals surface area contributed by atoms with E-state index in [0.29, 0.717) is 36.8 Å². The van der Waals surface area contributed by atoms with Gasteiger partial charge in [0.25, 0.3) is 5.91 Å². The van der Waals surface area contributed by atoms with Crippen LogP contribution < -0.4 is 5.32 Å². The number of aliphatic hydroxyl groups is 1. The van der Waals surface area contributed by atoms with E-state index in [0.717, 1.165) is 17.5 Å². The Bertz CT molecular complexity index is 1080. The maximum absolute atomic E-state index is 12.7. The van der Waals surface area contributed by atoms with Crippen molar-refractivity contribution in [1.82, 2.24) is 35.1 Å². The van der Waals surface area contributed by atoms with Crippen molar-refractivity contribution < 1.29 is 14.7 Å². The second-order valence-corrected chi connectivity index (χ2v) is 7.00. The van der Waals surface area contributed by atoms with Crippen LogP contribution in [0.1, 0.15) is 34.6 Å². The number of tetrazole rings is 1. The molecule has 1 atom stereocenters. The number of aliphatic hydroxyl groups excluding tert-OH is 1. The Labute approximate surface area is 171 Å². The first-order valence-corrected chi connectivity index (χ1v) is 9.43. The molecule has 0 fully saturated rings. The predicted molar refractivity (Wildman–Crippen MR) is 105 cm³/mol. The molecule has 0 aliphatic carbocycles. The van der Waals surface area contributed by atoms with Gasteiger partial charge in [-0.1, -0.05) is 6.07 Å². The second-order valence-electron chi connectivity index (χ2n) is 7.00. The van der Waals surface area contributed by atoms with Crippen molar-refractivity contribution in [3.05, 3.63) is 47.3 Å². The smallest absolute Gasteiger partial charge is 0.275 e.